The largest absolute Gasteiger partial charge is 0.401 e. The smallest absolute Gasteiger partial charge is 0.354 e. The number of fused-ring (bicyclic) bond motifs is 1. The molecule has 1 aliphatic rings. The van der Waals surface area contributed by atoms with E-state index in [1.165, 1.54) is 4.90 Å². The van der Waals surface area contributed by atoms with Crippen LogP contribution in [-0.2, 0) is 0 Å². The minimum atomic E-state index is -4.12. The average molecular weight is 376 g/mol. The second-order valence-electron chi connectivity index (χ2n) is 5.24. The van der Waals surface area contributed by atoms with Crippen molar-refractivity contribution in [1.29, 1.82) is 0 Å². The maximum absolute atomic E-state index is 12.4. The third-order valence-electron chi connectivity index (χ3n) is 3.68. The van der Waals surface area contributed by atoms with Gasteiger partial charge in [-0.05, 0) is 18.2 Å². The number of piperazine rings is 1. The second kappa shape index (κ2) is 6.83. The number of rotatable bonds is 2. The molecule has 2 aromatic rings. The lowest BCUT2D eigenvalue weighted by molar-refractivity contribution is -0.146. The van der Waals surface area contributed by atoms with E-state index in [2.05, 4.69) is 4.98 Å². The summed E-state index contributed by atoms with van der Waals surface area (Å²) in [6.45, 7) is 1.14. The maximum atomic E-state index is 12.4. The molecule has 22 heavy (non-hydrogen) atoms. The van der Waals surface area contributed by atoms with Crippen LogP contribution in [0.15, 0.2) is 36.4 Å². The van der Waals surface area contributed by atoms with Crippen molar-refractivity contribution in [3.05, 3.63) is 36.4 Å². The lowest BCUT2D eigenvalue weighted by Gasteiger charge is -2.35. The highest BCUT2D eigenvalue weighted by molar-refractivity contribution is 8.93. The fourth-order valence-electron chi connectivity index (χ4n) is 2.62. The number of hydrogen-bond donors (Lipinski definition) is 0. The number of para-hydroxylation sites is 1. The topological polar surface area (TPSA) is 19.4 Å². The molecule has 1 aliphatic heterocycles. The van der Waals surface area contributed by atoms with Crippen LogP contribution in [0.3, 0.4) is 0 Å². The van der Waals surface area contributed by atoms with Crippen LogP contribution in [0.1, 0.15) is 0 Å². The quantitative estimate of drug-likeness (QED) is 0.800. The van der Waals surface area contributed by atoms with Gasteiger partial charge in [-0.25, -0.2) is 4.98 Å². The molecule has 120 valence electrons. The molecule has 1 aromatic heterocycles. The Labute approximate surface area is 137 Å². The van der Waals surface area contributed by atoms with Crippen molar-refractivity contribution in [3.8, 4) is 0 Å². The van der Waals surface area contributed by atoms with Crippen LogP contribution in [0.2, 0.25) is 0 Å². The molecule has 1 aromatic carbocycles. The Bertz CT molecular complexity index is 625. The van der Waals surface area contributed by atoms with Crippen LogP contribution in [0.4, 0.5) is 19.0 Å². The third kappa shape index (κ3) is 4.10. The van der Waals surface area contributed by atoms with Gasteiger partial charge in [0.25, 0.3) is 0 Å². The zero-order valence-corrected chi connectivity index (χ0v) is 13.6. The van der Waals surface area contributed by atoms with Gasteiger partial charge in [-0.1, -0.05) is 18.2 Å². The molecule has 0 amide bonds. The summed E-state index contributed by atoms with van der Waals surface area (Å²) in [6, 6.07) is 11.8. The summed E-state index contributed by atoms with van der Waals surface area (Å²) in [5, 5.41) is 1.07. The van der Waals surface area contributed by atoms with Gasteiger partial charge in [-0.2, -0.15) is 13.2 Å². The van der Waals surface area contributed by atoms with E-state index in [9.17, 15) is 13.2 Å². The molecule has 0 radical (unpaired) electrons. The van der Waals surface area contributed by atoms with E-state index in [-0.39, 0.29) is 17.0 Å². The van der Waals surface area contributed by atoms with Gasteiger partial charge < -0.3 is 4.90 Å². The van der Waals surface area contributed by atoms with Crippen molar-refractivity contribution in [2.24, 2.45) is 0 Å². The molecule has 7 heteroatoms. The zero-order chi connectivity index (χ0) is 14.9. The van der Waals surface area contributed by atoms with Crippen LogP contribution in [0, 0.1) is 0 Å². The molecule has 3 rings (SSSR count). The molecule has 0 aliphatic carbocycles. The number of benzene rings is 1. The molecule has 0 bridgehead atoms. The van der Waals surface area contributed by atoms with Crippen molar-refractivity contribution in [3.63, 3.8) is 0 Å². The normalized spacial score (nSPS) is 16.6. The average Bonchev–Trinajstić information content (AvgIpc) is 2.46. The monoisotopic (exact) mass is 375 g/mol. The van der Waals surface area contributed by atoms with Gasteiger partial charge in [0.15, 0.2) is 0 Å². The summed E-state index contributed by atoms with van der Waals surface area (Å²) in [7, 11) is 0. The fraction of sp³-hybridized carbons (Fsp3) is 0.400. The van der Waals surface area contributed by atoms with Gasteiger partial charge in [-0.3, -0.25) is 4.90 Å². The van der Waals surface area contributed by atoms with E-state index in [0.29, 0.717) is 26.2 Å². The third-order valence-corrected chi connectivity index (χ3v) is 3.68. The van der Waals surface area contributed by atoms with Gasteiger partial charge in [0, 0.05) is 31.6 Å². The molecular weight excluding hydrogens is 359 g/mol. The number of aromatic nitrogens is 1. The summed E-state index contributed by atoms with van der Waals surface area (Å²) in [5.74, 6) is 0.834. The first-order valence-corrected chi connectivity index (χ1v) is 6.91. The fourth-order valence-corrected chi connectivity index (χ4v) is 2.62. The first-order valence-electron chi connectivity index (χ1n) is 6.91. The SMILES string of the molecule is Br.FC(F)(F)CN1CCN(c2ccc3ccccc3n2)CC1. The van der Waals surface area contributed by atoms with E-state index < -0.39 is 12.7 Å². The second-order valence-corrected chi connectivity index (χ2v) is 5.24. The molecule has 3 nitrogen and oxygen atoms in total. The van der Waals surface area contributed by atoms with Crippen molar-refractivity contribution in [2.75, 3.05) is 37.6 Å². The molecular formula is C15H17BrF3N3. The molecule has 0 N–H and O–H groups in total. The minimum Gasteiger partial charge on any atom is -0.354 e. The van der Waals surface area contributed by atoms with Crippen LogP contribution in [-0.4, -0.2) is 48.8 Å². The van der Waals surface area contributed by atoms with Gasteiger partial charge in [0.1, 0.15) is 5.82 Å². The Hall–Kier alpha value is -1.34. The van der Waals surface area contributed by atoms with E-state index in [0.717, 1.165) is 16.7 Å². The van der Waals surface area contributed by atoms with E-state index in [1.54, 1.807) is 0 Å². The summed E-state index contributed by atoms with van der Waals surface area (Å²) < 4.78 is 37.1. The molecule has 0 spiro atoms. The Morgan fingerprint density at radius 2 is 1.64 bits per heavy atom. The van der Waals surface area contributed by atoms with Crippen molar-refractivity contribution in [2.45, 2.75) is 6.18 Å². The van der Waals surface area contributed by atoms with E-state index in [1.807, 2.05) is 41.3 Å². The number of nitrogens with zero attached hydrogens (tertiary/aromatic N) is 3. The lowest BCUT2D eigenvalue weighted by atomic mass is 10.2. The highest BCUT2D eigenvalue weighted by Crippen LogP contribution is 2.21. The highest BCUT2D eigenvalue weighted by atomic mass is 79.9. The summed E-state index contributed by atoms with van der Waals surface area (Å²) in [5.41, 5.74) is 0.910. The first-order chi connectivity index (χ1) is 10.0. The predicted octanol–water partition coefficient (Wildman–Crippen LogP) is 3.50. The van der Waals surface area contributed by atoms with E-state index in [4.69, 9.17) is 0 Å². The molecule has 2 heterocycles. The Morgan fingerprint density at radius 1 is 0.955 bits per heavy atom. The predicted molar refractivity (Wildman–Crippen MR) is 86.8 cm³/mol. The van der Waals surface area contributed by atoms with Crippen molar-refractivity contribution < 1.29 is 13.2 Å². The minimum absolute atomic E-state index is 0. The standard InChI is InChI=1S/C15H16F3N3.BrH/c16-15(17,18)11-20-7-9-21(10-8-20)14-6-5-12-3-1-2-4-13(12)19-14;/h1-6H,7-11H2;1H. The van der Waals surface area contributed by atoms with Crippen LogP contribution in [0.5, 0.6) is 0 Å². The first kappa shape index (κ1) is 17.0. The number of pyridine rings is 1. The lowest BCUT2D eigenvalue weighted by Crippen LogP contribution is -2.49. The summed E-state index contributed by atoms with van der Waals surface area (Å²) in [6.07, 6.45) is -4.12. The molecule has 1 saturated heterocycles. The van der Waals surface area contributed by atoms with Gasteiger partial charge in [-0.15, -0.1) is 17.0 Å². The Kier molecular flexibility index (Phi) is 5.28. The van der Waals surface area contributed by atoms with Crippen LogP contribution in [0.25, 0.3) is 10.9 Å². The number of halogens is 4. The van der Waals surface area contributed by atoms with Gasteiger partial charge in [0.2, 0.25) is 0 Å². The zero-order valence-electron chi connectivity index (χ0n) is 11.9. The van der Waals surface area contributed by atoms with Crippen molar-refractivity contribution >= 4 is 33.7 Å². The number of hydrogen-bond acceptors (Lipinski definition) is 3. The Morgan fingerprint density at radius 3 is 2.32 bits per heavy atom. The summed E-state index contributed by atoms with van der Waals surface area (Å²) in [4.78, 5) is 8.07. The van der Waals surface area contributed by atoms with Crippen molar-refractivity contribution in [1.82, 2.24) is 9.88 Å². The number of alkyl halides is 3. The Balaban J connectivity index is 0.00000176. The van der Waals surface area contributed by atoms with Crippen LogP contribution >= 0.6 is 17.0 Å². The molecule has 0 atom stereocenters. The molecule has 0 unspecified atom stereocenters. The number of anilines is 1. The van der Waals surface area contributed by atoms with Crippen LogP contribution < -0.4 is 4.90 Å². The highest BCUT2D eigenvalue weighted by Gasteiger charge is 2.32. The van der Waals surface area contributed by atoms with E-state index >= 15 is 0 Å². The maximum Gasteiger partial charge on any atom is 0.401 e. The molecule has 0 saturated carbocycles. The van der Waals surface area contributed by atoms with Gasteiger partial charge in [0.05, 0.1) is 12.1 Å². The summed E-state index contributed by atoms with van der Waals surface area (Å²) >= 11 is 0. The van der Waals surface area contributed by atoms with Gasteiger partial charge >= 0.3 is 6.18 Å². The molecule has 1 fully saturated rings.